The molecule has 5 nitrogen and oxygen atoms in total. The summed E-state index contributed by atoms with van der Waals surface area (Å²) in [7, 11) is 3.25. The van der Waals surface area contributed by atoms with Gasteiger partial charge in [-0.3, -0.25) is 4.79 Å². The van der Waals surface area contributed by atoms with Gasteiger partial charge in [-0.1, -0.05) is 0 Å². The van der Waals surface area contributed by atoms with Crippen molar-refractivity contribution in [3.63, 3.8) is 0 Å². The third-order valence-electron chi connectivity index (χ3n) is 3.68. The number of carbonyl (C=O) groups excluding carboxylic acids is 1. The van der Waals surface area contributed by atoms with Crippen LogP contribution in [0.5, 0.6) is 11.5 Å². The number of methoxy groups -OCH3 is 2. The Kier molecular flexibility index (Phi) is 4.42. The van der Waals surface area contributed by atoms with E-state index in [4.69, 9.17) is 15.2 Å². The fourth-order valence-corrected chi connectivity index (χ4v) is 2.60. The Balaban J connectivity index is 2.18. The van der Waals surface area contributed by atoms with Crippen LogP contribution in [0.25, 0.3) is 0 Å². The molecule has 21 heavy (non-hydrogen) atoms. The largest absolute Gasteiger partial charge is 0.493 e. The molecule has 1 aliphatic heterocycles. The van der Waals surface area contributed by atoms with E-state index in [9.17, 15) is 4.79 Å². The van der Waals surface area contributed by atoms with Gasteiger partial charge in [-0.05, 0) is 43.5 Å². The molecule has 0 spiro atoms. The van der Waals surface area contributed by atoms with Gasteiger partial charge in [0, 0.05) is 25.0 Å². The smallest absolute Gasteiger partial charge is 0.224 e. The summed E-state index contributed by atoms with van der Waals surface area (Å²) in [5, 5.41) is 0. The zero-order chi connectivity index (χ0) is 15.6. The molecule has 116 valence electrons. The van der Waals surface area contributed by atoms with E-state index >= 15 is 0 Å². The molecule has 0 unspecified atom stereocenters. The first-order chi connectivity index (χ1) is 9.84. The van der Waals surface area contributed by atoms with Gasteiger partial charge in [-0.15, -0.1) is 0 Å². The van der Waals surface area contributed by atoms with Crippen LogP contribution in [-0.2, 0) is 17.8 Å². The summed E-state index contributed by atoms with van der Waals surface area (Å²) in [5.41, 5.74) is 7.78. The van der Waals surface area contributed by atoms with E-state index in [-0.39, 0.29) is 5.91 Å². The first kappa shape index (κ1) is 15.6. The summed E-state index contributed by atoms with van der Waals surface area (Å²) in [6.45, 7) is 5.06. The van der Waals surface area contributed by atoms with Crippen LogP contribution in [0.1, 0.15) is 31.4 Å². The van der Waals surface area contributed by atoms with Crippen molar-refractivity contribution in [1.29, 1.82) is 0 Å². The number of rotatable bonds is 4. The Labute approximate surface area is 126 Å². The monoisotopic (exact) mass is 292 g/mol. The van der Waals surface area contributed by atoms with Crippen LogP contribution in [0.2, 0.25) is 0 Å². The molecule has 0 bridgehead atoms. The average Bonchev–Trinajstić information content (AvgIpc) is 2.43. The molecule has 1 amide bonds. The molecule has 0 aliphatic carbocycles. The minimum Gasteiger partial charge on any atom is -0.493 e. The van der Waals surface area contributed by atoms with E-state index in [1.807, 2.05) is 30.9 Å². The van der Waals surface area contributed by atoms with Gasteiger partial charge in [0.1, 0.15) is 0 Å². The third-order valence-corrected chi connectivity index (χ3v) is 3.68. The van der Waals surface area contributed by atoms with Gasteiger partial charge in [-0.2, -0.15) is 0 Å². The van der Waals surface area contributed by atoms with Crippen LogP contribution in [-0.4, -0.2) is 37.1 Å². The summed E-state index contributed by atoms with van der Waals surface area (Å²) in [4.78, 5) is 14.2. The highest BCUT2D eigenvalue weighted by Crippen LogP contribution is 2.33. The molecular formula is C16H24N2O3. The van der Waals surface area contributed by atoms with E-state index < -0.39 is 5.54 Å². The lowest BCUT2D eigenvalue weighted by atomic mass is 9.96. The standard InChI is InChI=1S/C16H24N2O3/c1-16(2,17)9-15(19)18-6-5-11-7-13(20-3)14(21-4)8-12(11)10-18/h7-8H,5-6,9-10,17H2,1-4H3. The second-order valence-electron chi connectivity index (χ2n) is 6.21. The lowest BCUT2D eigenvalue weighted by molar-refractivity contribution is -0.133. The lowest BCUT2D eigenvalue weighted by Crippen LogP contribution is -2.43. The van der Waals surface area contributed by atoms with Crippen LogP contribution in [0, 0.1) is 0 Å². The van der Waals surface area contributed by atoms with Gasteiger partial charge in [0.15, 0.2) is 11.5 Å². The molecule has 1 aliphatic rings. The van der Waals surface area contributed by atoms with Crippen molar-refractivity contribution in [3.8, 4) is 11.5 Å². The van der Waals surface area contributed by atoms with Crippen molar-refractivity contribution in [3.05, 3.63) is 23.3 Å². The van der Waals surface area contributed by atoms with Crippen LogP contribution in [0.4, 0.5) is 0 Å². The van der Waals surface area contributed by atoms with Crippen molar-refractivity contribution in [1.82, 2.24) is 4.90 Å². The number of carbonyl (C=O) groups is 1. The Morgan fingerprint density at radius 1 is 1.24 bits per heavy atom. The molecule has 0 fully saturated rings. The van der Waals surface area contributed by atoms with E-state index in [1.54, 1.807) is 14.2 Å². The van der Waals surface area contributed by atoms with Crippen molar-refractivity contribution >= 4 is 5.91 Å². The van der Waals surface area contributed by atoms with Crippen LogP contribution >= 0.6 is 0 Å². The van der Waals surface area contributed by atoms with Crippen molar-refractivity contribution in [2.45, 2.75) is 38.8 Å². The maximum Gasteiger partial charge on any atom is 0.224 e. The summed E-state index contributed by atoms with van der Waals surface area (Å²) >= 11 is 0. The number of benzene rings is 1. The van der Waals surface area contributed by atoms with Gasteiger partial charge in [-0.25, -0.2) is 0 Å². The zero-order valence-electron chi connectivity index (χ0n) is 13.2. The number of amides is 1. The van der Waals surface area contributed by atoms with Gasteiger partial charge < -0.3 is 20.1 Å². The molecule has 2 rings (SSSR count). The molecule has 5 heteroatoms. The topological polar surface area (TPSA) is 64.8 Å². The van der Waals surface area contributed by atoms with Crippen molar-refractivity contribution in [2.24, 2.45) is 5.73 Å². The van der Waals surface area contributed by atoms with E-state index in [1.165, 1.54) is 5.56 Å². The highest BCUT2D eigenvalue weighted by atomic mass is 16.5. The molecule has 0 saturated carbocycles. The van der Waals surface area contributed by atoms with Gasteiger partial charge in [0.25, 0.3) is 0 Å². The summed E-state index contributed by atoms with van der Waals surface area (Å²) < 4.78 is 10.7. The Bertz CT molecular complexity index is 535. The molecule has 2 N–H and O–H groups in total. The number of ether oxygens (including phenoxy) is 2. The molecule has 0 atom stereocenters. The zero-order valence-corrected chi connectivity index (χ0v) is 13.2. The SMILES string of the molecule is COc1cc2c(cc1OC)CN(C(=O)CC(C)(C)N)CC2. The fourth-order valence-electron chi connectivity index (χ4n) is 2.60. The number of hydrogen-bond donors (Lipinski definition) is 1. The minimum atomic E-state index is -0.477. The van der Waals surface area contributed by atoms with Gasteiger partial charge in [0.2, 0.25) is 5.91 Å². The van der Waals surface area contributed by atoms with E-state index in [0.717, 1.165) is 24.3 Å². The molecule has 1 aromatic rings. The predicted octanol–water partition coefficient (Wildman–Crippen LogP) is 1.72. The average molecular weight is 292 g/mol. The molecule has 1 aromatic carbocycles. The van der Waals surface area contributed by atoms with E-state index in [2.05, 4.69) is 0 Å². The predicted molar refractivity (Wildman–Crippen MR) is 81.6 cm³/mol. The Morgan fingerprint density at radius 2 is 1.81 bits per heavy atom. The second kappa shape index (κ2) is 5.93. The molecule has 0 saturated heterocycles. The quantitative estimate of drug-likeness (QED) is 0.917. The number of nitrogens with zero attached hydrogens (tertiary/aromatic N) is 1. The number of nitrogens with two attached hydrogens (primary N) is 1. The second-order valence-corrected chi connectivity index (χ2v) is 6.21. The van der Waals surface area contributed by atoms with Crippen molar-refractivity contribution < 1.29 is 14.3 Å². The minimum absolute atomic E-state index is 0.0999. The normalized spacial score (nSPS) is 14.6. The number of hydrogen-bond acceptors (Lipinski definition) is 4. The van der Waals surface area contributed by atoms with Crippen LogP contribution < -0.4 is 15.2 Å². The molecule has 0 aromatic heterocycles. The molecule has 1 heterocycles. The van der Waals surface area contributed by atoms with Crippen LogP contribution in [0.15, 0.2) is 12.1 Å². The lowest BCUT2D eigenvalue weighted by Gasteiger charge is -2.31. The number of fused-ring (bicyclic) bond motifs is 1. The van der Waals surface area contributed by atoms with Gasteiger partial charge in [0.05, 0.1) is 14.2 Å². The maximum atomic E-state index is 12.3. The third kappa shape index (κ3) is 3.67. The summed E-state index contributed by atoms with van der Waals surface area (Å²) in [6.07, 6.45) is 1.18. The maximum absolute atomic E-state index is 12.3. The van der Waals surface area contributed by atoms with Gasteiger partial charge >= 0.3 is 0 Å². The van der Waals surface area contributed by atoms with E-state index in [0.29, 0.717) is 18.7 Å². The van der Waals surface area contributed by atoms with Crippen molar-refractivity contribution in [2.75, 3.05) is 20.8 Å². The highest BCUT2D eigenvalue weighted by Gasteiger charge is 2.26. The van der Waals surface area contributed by atoms with Crippen LogP contribution in [0.3, 0.4) is 0 Å². The summed E-state index contributed by atoms with van der Waals surface area (Å²) in [5.74, 6) is 1.53. The highest BCUT2D eigenvalue weighted by molar-refractivity contribution is 5.77. The molecular weight excluding hydrogens is 268 g/mol. The Hall–Kier alpha value is -1.75. The fraction of sp³-hybridized carbons (Fsp3) is 0.562. The first-order valence-electron chi connectivity index (χ1n) is 7.14. The Morgan fingerprint density at radius 3 is 2.33 bits per heavy atom. The molecule has 0 radical (unpaired) electrons. The first-order valence-corrected chi connectivity index (χ1v) is 7.14. The summed E-state index contributed by atoms with van der Waals surface area (Å²) in [6, 6.07) is 3.96.